The zero-order valence-corrected chi connectivity index (χ0v) is 14.6. The molecular weight excluding hydrogens is 388 g/mol. The topological polar surface area (TPSA) is 163 Å². The predicted molar refractivity (Wildman–Crippen MR) is 94.6 cm³/mol. The molecule has 0 saturated heterocycles. The van der Waals surface area contributed by atoms with Crippen molar-refractivity contribution in [1.82, 2.24) is 20.6 Å². The van der Waals surface area contributed by atoms with E-state index >= 15 is 0 Å². The molecule has 26 heavy (non-hydrogen) atoms. The summed E-state index contributed by atoms with van der Waals surface area (Å²) in [4.78, 5) is 46.5. The molecule has 3 N–H and O–H groups in total. The highest BCUT2D eigenvalue weighted by Gasteiger charge is 2.17. The van der Waals surface area contributed by atoms with Crippen LogP contribution >= 0.6 is 23.4 Å². The quantitative estimate of drug-likeness (QED) is 0.278. The molecule has 0 radical (unpaired) electrons. The van der Waals surface area contributed by atoms with E-state index in [9.17, 15) is 24.5 Å². The van der Waals surface area contributed by atoms with Crippen LogP contribution in [0.2, 0.25) is 5.02 Å². The second-order valence-electron chi connectivity index (χ2n) is 4.77. The van der Waals surface area contributed by atoms with Gasteiger partial charge in [-0.05, 0) is 13.0 Å². The Kier molecular flexibility index (Phi) is 6.25. The van der Waals surface area contributed by atoms with Gasteiger partial charge in [0.1, 0.15) is 5.02 Å². The number of nitro benzene ring substituents is 1. The second-order valence-corrected chi connectivity index (χ2v) is 6.51. The zero-order valence-electron chi connectivity index (χ0n) is 13.1. The number of nitrogens with zero attached hydrogens (tertiary/aromatic N) is 3. The first-order valence-corrected chi connectivity index (χ1v) is 8.16. The van der Waals surface area contributed by atoms with Crippen molar-refractivity contribution < 1.29 is 9.72 Å². The summed E-state index contributed by atoms with van der Waals surface area (Å²) >= 11 is 6.53. The molecule has 0 saturated carbocycles. The van der Waals surface area contributed by atoms with E-state index in [-0.39, 0.29) is 15.7 Å². The summed E-state index contributed by atoms with van der Waals surface area (Å²) in [5, 5.41) is 19.3. The van der Waals surface area contributed by atoms with Gasteiger partial charge in [-0.25, -0.2) is 15.3 Å². The molecule has 1 atom stereocenters. The van der Waals surface area contributed by atoms with Gasteiger partial charge in [-0.1, -0.05) is 29.4 Å². The van der Waals surface area contributed by atoms with Gasteiger partial charge < -0.3 is 0 Å². The summed E-state index contributed by atoms with van der Waals surface area (Å²) in [6, 6.07) is 4.04. The summed E-state index contributed by atoms with van der Waals surface area (Å²) in [5.41, 5.74) is 0.854. The van der Waals surface area contributed by atoms with Crippen molar-refractivity contribution in [2.75, 3.05) is 0 Å². The van der Waals surface area contributed by atoms with Crippen molar-refractivity contribution in [3.8, 4) is 0 Å². The number of halogens is 1. The minimum atomic E-state index is -0.752. The minimum Gasteiger partial charge on any atom is -0.272 e. The van der Waals surface area contributed by atoms with E-state index < -0.39 is 27.3 Å². The fourth-order valence-electron chi connectivity index (χ4n) is 1.65. The van der Waals surface area contributed by atoms with Crippen molar-refractivity contribution in [1.29, 1.82) is 0 Å². The number of aromatic nitrogens is 3. The van der Waals surface area contributed by atoms with Crippen molar-refractivity contribution in [3.05, 3.63) is 59.7 Å². The average molecular weight is 399 g/mol. The summed E-state index contributed by atoms with van der Waals surface area (Å²) in [6.07, 6.45) is 1.21. The van der Waals surface area contributed by atoms with Gasteiger partial charge in [0.05, 0.1) is 16.4 Å². The number of benzene rings is 1. The van der Waals surface area contributed by atoms with Gasteiger partial charge in [0.25, 0.3) is 17.2 Å². The van der Waals surface area contributed by atoms with Crippen LogP contribution in [0.1, 0.15) is 12.5 Å². The van der Waals surface area contributed by atoms with Gasteiger partial charge in [-0.15, -0.1) is 0 Å². The molecule has 13 heteroatoms. The first-order chi connectivity index (χ1) is 12.3. The monoisotopic (exact) mass is 398 g/mol. The standard InChI is InChI=1S/C13H11ClN6O5S/c1-6(26-12-11(22)16-13(23)19-18-12)10(21)17-15-5-7-2-3-8(14)9(4-7)20(24)25/h2-6H,1H3,(H,17,21)(H2,16,19,22,23)/b15-5+. The van der Waals surface area contributed by atoms with Crippen LogP contribution in [-0.2, 0) is 4.79 Å². The maximum atomic E-state index is 12.0. The number of carbonyl (C=O) groups excluding carboxylic acids is 1. The van der Waals surface area contributed by atoms with Crippen LogP contribution in [0.5, 0.6) is 0 Å². The molecule has 1 aromatic heterocycles. The Morgan fingerprint density at radius 1 is 1.50 bits per heavy atom. The molecule has 11 nitrogen and oxygen atoms in total. The SMILES string of the molecule is CC(Sc1n[nH]c(=O)[nH]c1=O)C(=O)N/N=C/c1ccc(Cl)c([N+](=O)[O-])c1. The third kappa shape index (κ3) is 5.00. The highest BCUT2D eigenvalue weighted by molar-refractivity contribution is 8.00. The van der Waals surface area contributed by atoms with Gasteiger partial charge >= 0.3 is 5.69 Å². The fraction of sp³-hybridized carbons (Fsp3) is 0.154. The smallest absolute Gasteiger partial charge is 0.272 e. The minimum absolute atomic E-state index is 0.0140. The average Bonchev–Trinajstić information content (AvgIpc) is 2.58. The number of nitrogens with one attached hydrogen (secondary N) is 3. The Bertz CT molecular complexity index is 987. The molecule has 2 aromatic rings. The third-order valence-electron chi connectivity index (χ3n) is 2.89. The molecule has 136 valence electrons. The molecule has 1 aromatic carbocycles. The van der Waals surface area contributed by atoms with E-state index in [2.05, 4.69) is 20.7 Å². The van der Waals surface area contributed by atoms with E-state index in [1.807, 2.05) is 4.98 Å². The molecule has 0 spiro atoms. The third-order valence-corrected chi connectivity index (χ3v) is 4.28. The maximum absolute atomic E-state index is 12.0. The van der Waals surface area contributed by atoms with Gasteiger partial charge in [-0.2, -0.15) is 10.2 Å². The Balaban J connectivity index is 2.00. The van der Waals surface area contributed by atoms with Crippen molar-refractivity contribution in [3.63, 3.8) is 0 Å². The Hall–Kier alpha value is -2.99. The largest absolute Gasteiger partial charge is 0.342 e. The molecule has 0 bridgehead atoms. The van der Waals surface area contributed by atoms with Gasteiger partial charge in [0.2, 0.25) is 0 Å². The van der Waals surface area contributed by atoms with E-state index in [1.165, 1.54) is 31.3 Å². The van der Waals surface area contributed by atoms with Crippen LogP contribution in [0.4, 0.5) is 5.69 Å². The normalized spacial score (nSPS) is 12.1. The molecule has 0 aliphatic carbocycles. The fourth-order valence-corrected chi connectivity index (χ4v) is 2.59. The summed E-state index contributed by atoms with van der Waals surface area (Å²) in [7, 11) is 0. The first kappa shape index (κ1) is 19.3. The summed E-state index contributed by atoms with van der Waals surface area (Å²) in [5.74, 6) is -0.540. The van der Waals surface area contributed by atoms with Crippen LogP contribution in [0.25, 0.3) is 0 Å². The van der Waals surface area contributed by atoms with Crippen molar-refractivity contribution >= 4 is 41.2 Å². The Labute approximate surface area is 154 Å². The molecule has 1 amide bonds. The molecule has 0 aliphatic rings. The number of nitro groups is 1. The van der Waals surface area contributed by atoms with Gasteiger partial charge in [-0.3, -0.25) is 24.7 Å². The lowest BCUT2D eigenvalue weighted by atomic mass is 10.2. The highest BCUT2D eigenvalue weighted by Crippen LogP contribution is 2.24. The van der Waals surface area contributed by atoms with Crippen LogP contribution in [0.3, 0.4) is 0 Å². The summed E-state index contributed by atoms with van der Waals surface area (Å²) in [6.45, 7) is 1.51. The number of hydrazone groups is 1. The number of thioether (sulfide) groups is 1. The number of carbonyl (C=O) groups is 1. The van der Waals surface area contributed by atoms with Crippen molar-refractivity contribution in [2.24, 2.45) is 5.10 Å². The van der Waals surface area contributed by atoms with Crippen LogP contribution < -0.4 is 16.7 Å². The van der Waals surface area contributed by atoms with Crippen LogP contribution in [0, 0.1) is 10.1 Å². The molecule has 0 fully saturated rings. The predicted octanol–water partition coefficient (Wildman–Crippen LogP) is 0.651. The molecule has 0 aliphatic heterocycles. The first-order valence-electron chi connectivity index (χ1n) is 6.90. The van der Waals surface area contributed by atoms with Crippen LogP contribution in [0.15, 0.2) is 37.9 Å². The molecule has 1 unspecified atom stereocenters. The lowest BCUT2D eigenvalue weighted by Crippen LogP contribution is -2.30. The zero-order chi connectivity index (χ0) is 19.3. The van der Waals surface area contributed by atoms with Gasteiger partial charge in [0, 0.05) is 11.6 Å². The Morgan fingerprint density at radius 3 is 2.88 bits per heavy atom. The van der Waals surface area contributed by atoms with Gasteiger partial charge in [0.15, 0.2) is 5.03 Å². The maximum Gasteiger partial charge on any atom is 0.342 e. The van der Waals surface area contributed by atoms with E-state index in [0.717, 1.165) is 11.8 Å². The molecular formula is C13H11ClN6O5S. The van der Waals surface area contributed by atoms with E-state index in [4.69, 9.17) is 11.6 Å². The molecule has 2 rings (SSSR count). The number of aromatic amines is 2. The van der Waals surface area contributed by atoms with Crippen LogP contribution in [-0.4, -0.2) is 37.5 Å². The summed E-state index contributed by atoms with van der Waals surface area (Å²) < 4.78 is 0. The van der Waals surface area contributed by atoms with E-state index in [0.29, 0.717) is 5.56 Å². The lowest BCUT2D eigenvalue weighted by Gasteiger charge is -2.07. The number of rotatable bonds is 6. The lowest BCUT2D eigenvalue weighted by molar-refractivity contribution is -0.384. The Morgan fingerprint density at radius 2 is 2.23 bits per heavy atom. The van der Waals surface area contributed by atoms with Crippen molar-refractivity contribution in [2.45, 2.75) is 17.2 Å². The number of hydrogen-bond donors (Lipinski definition) is 3. The number of amides is 1. The van der Waals surface area contributed by atoms with E-state index in [1.54, 1.807) is 0 Å². The highest BCUT2D eigenvalue weighted by atomic mass is 35.5. The molecule has 1 heterocycles. The second kappa shape index (κ2) is 8.40. The number of H-pyrrole nitrogens is 2. The number of hydrogen-bond acceptors (Lipinski definition) is 8.